The summed E-state index contributed by atoms with van der Waals surface area (Å²) in [6.45, 7) is 5.37. The van der Waals surface area contributed by atoms with E-state index < -0.39 is 0 Å². The lowest BCUT2D eigenvalue weighted by Crippen LogP contribution is -2.45. The molecule has 0 N–H and O–H groups in total. The van der Waals surface area contributed by atoms with Crippen molar-refractivity contribution >= 4 is 11.6 Å². The highest BCUT2D eigenvalue weighted by Crippen LogP contribution is 2.34. The number of fused-ring (bicyclic) bond motifs is 1. The number of pyridine rings is 1. The average molecular weight is 323 g/mol. The fraction of sp³-hybridized carbons (Fsp3) is 0.444. The van der Waals surface area contributed by atoms with E-state index in [1.54, 1.807) is 12.4 Å². The third-order valence-electron chi connectivity index (χ3n) is 5.01. The Hall–Kier alpha value is -2.34. The number of nitrogens with zero attached hydrogens (tertiary/aromatic N) is 5. The monoisotopic (exact) mass is 323 g/mol. The van der Waals surface area contributed by atoms with Crippen molar-refractivity contribution < 1.29 is 4.79 Å². The van der Waals surface area contributed by atoms with Gasteiger partial charge in [-0.05, 0) is 31.4 Å². The van der Waals surface area contributed by atoms with Gasteiger partial charge in [0, 0.05) is 31.9 Å². The van der Waals surface area contributed by atoms with E-state index in [1.165, 1.54) is 6.33 Å². The van der Waals surface area contributed by atoms with Crippen molar-refractivity contribution in [3.05, 3.63) is 48.3 Å². The number of hydrogen-bond donors (Lipinski definition) is 0. The minimum Gasteiger partial charge on any atom is -0.309 e. The van der Waals surface area contributed by atoms with Crippen LogP contribution < -0.4 is 4.90 Å². The second-order valence-electron chi connectivity index (χ2n) is 6.71. The van der Waals surface area contributed by atoms with Crippen LogP contribution in [0.5, 0.6) is 0 Å². The SMILES string of the molecule is Cc1cccc(CN2C[C@H]3CCN(c4cncnc4)C(=O)[C@@H]3C2)n1. The molecule has 6 nitrogen and oxygen atoms in total. The number of hydrogen-bond acceptors (Lipinski definition) is 5. The number of carbonyl (C=O) groups is 1. The molecule has 0 spiro atoms. The molecular weight excluding hydrogens is 302 g/mol. The van der Waals surface area contributed by atoms with Gasteiger partial charge in [-0.2, -0.15) is 0 Å². The fourth-order valence-corrected chi connectivity index (χ4v) is 3.87. The first-order valence-corrected chi connectivity index (χ1v) is 8.42. The largest absolute Gasteiger partial charge is 0.309 e. The maximum atomic E-state index is 12.9. The Morgan fingerprint density at radius 1 is 1.21 bits per heavy atom. The van der Waals surface area contributed by atoms with Crippen LogP contribution >= 0.6 is 0 Å². The lowest BCUT2D eigenvalue weighted by atomic mass is 9.88. The number of rotatable bonds is 3. The molecule has 2 saturated heterocycles. The highest BCUT2D eigenvalue weighted by Gasteiger charge is 2.43. The van der Waals surface area contributed by atoms with Crippen LogP contribution in [-0.4, -0.2) is 45.4 Å². The summed E-state index contributed by atoms with van der Waals surface area (Å²) in [6.07, 6.45) is 5.96. The van der Waals surface area contributed by atoms with E-state index in [1.807, 2.05) is 24.0 Å². The summed E-state index contributed by atoms with van der Waals surface area (Å²) < 4.78 is 0. The van der Waals surface area contributed by atoms with Crippen molar-refractivity contribution in [2.45, 2.75) is 19.9 Å². The highest BCUT2D eigenvalue weighted by molar-refractivity contribution is 5.96. The quantitative estimate of drug-likeness (QED) is 0.860. The summed E-state index contributed by atoms with van der Waals surface area (Å²) in [6, 6.07) is 6.12. The Kier molecular flexibility index (Phi) is 3.98. The van der Waals surface area contributed by atoms with Gasteiger partial charge in [-0.15, -0.1) is 0 Å². The Bertz CT molecular complexity index is 735. The number of aromatic nitrogens is 3. The summed E-state index contributed by atoms with van der Waals surface area (Å²) in [4.78, 5) is 29.7. The Balaban J connectivity index is 1.46. The van der Waals surface area contributed by atoms with Crippen LogP contribution in [0.15, 0.2) is 36.9 Å². The molecule has 2 atom stereocenters. The van der Waals surface area contributed by atoms with Crippen LogP contribution in [0, 0.1) is 18.8 Å². The molecule has 2 aliphatic rings. The van der Waals surface area contributed by atoms with Gasteiger partial charge >= 0.3 is 0 Å². The first-order chi connectivity index (χ1) is 11.7. The van der Waals surface area contributed by atoms with Crippen LogP contribution in [0.3, 0.4) is 0 Å². The molecule has 124 valence electrons. The highest BCUT2D eigenvalue weighted by atomic mass is 16.2. The van der Waals surface area contributed by atoms with Gasteiger partial charge in [-0.3, -0.25) is 14.7 Å². The van der Waals surface area contributed by atoms with E-state index >= 15 is 0 Å². The van der Waals surface area contributed by atoms with E-state index in [0.29, 0.717) is 5.92 Å². The lowest BCUT2D eigenvalue weighted by Gasteiger charge is -2.33. The van der Waals surface area contributed by atoms with Gasteiger partial charge < -0.3 is 4.90 Å². The van der Waals surface area contributed by atoms with E-state index in [2.05, 4.69) is 25.9 Å². The molecular formula is C18H21N5O. The molecule has 0 radical (unpaired) electrons. The number of likely N-dealkylation sites (tertiary alicyclic amines) is 1. The van der Waals surface area contributed by atoms with Crippen LogP contribution in [0.1, 0.15) is 17.8 Å². The maximum absolute atomic E-state index is 12.9. The van der Waals surface area contributed by atoms with Gasteiger partial charge in [-0.1, -0.05) is 6.07 Å². The molecule has 4 heterocycles. The molecule has 0 aliphatic carbocycles. The Labute approximate surface area is 141 Å². The molecule has 2 fully saturated rings. The molecule has 1 amide bonds. The van der Waals surface area contributed by atoms with Crippen molar-refractivity contribution in [1.29, 1.82) is 0 Å². The van der Waals surface area contributed by atoms with Crippen LogP contribution in [-0.2, 0) is 11.3 Å². The predicted molar refractivity (Wildman–Crippen MR) is 90.2 cm³/mol. The first-order valence-electron chi connectivity index (χ1n) is 8.42. The van der Waals surface area contributed by atoms with Gasteiger partial charge in [0.15, 0.2) is 0 Å². The Morgan fingerprint density at radius 2 is 2.04 bits per heavy atom. The van der Waals surface area contributed by atoms with Crippen LogP contribution in [0.2, 0.25) is 0 Å². The van der Waals surface area contributed by atoms with Crippen LogP contribution in [0.25, 0.3) is 0 Å². The molecule has 0 aromatic carbocycles. The molecule has 24 heavy (non-hydrogen) atoms. The predicted octanol–water partition coefficient (Wildman–Crippen LogP) is 1.66. The van der Waals surface area contributed by atoms with Crippen molar-refractivity contribution in [1.82, 2.24) is 19.9 Å². The Morgan fingerprint density at radius 3 is 2.83 bits per heavy atom. The zero-order chi connectivity index (χ0) is 16.5. The molecule has 6 heteroatoms. The summed E-state index contributed by atoms with van der Waals surface area (Å²) >= 11 is 0. The van der Waals surface area contributed by atoms with E-state index in [4.69, 9.17) is 0 Å². The smallest absolute Gasteiger partial charge is 0.231 e. The molecule has 2 aromatic heterocycles. The van der Waals surface area contributed by atoms with Gasteiger partial charge in [0.25, 0.3) is 0 Å². The van der Waals surface area contributed by atoms with Gasteiger partial charge in [-0.25, -0.2) is 9.97 Å². The summed E-state index contributed by atoms with van der Waals surface area (Å²) in [5.41, 5.74) is 2.92. The number of carbonyl (C=O) groups excluding carboxylic acids is 1. The van der Waals surface area contributed by atoms with Crippen LogP contribution in [0.4, 0.5) is 5.69 Å². The second-order valence-corrected chi connectivity index (χ2v) is 6.71. The minimum atomic E-state index is 0.0729. The molecule has 2 aliphatic heterocycles. The summed E-state index contributed by atoms with van der Waals surface area (Å²) in [5.74, 6) is 0.729. The van der Waals surface area contributed by atoms with Crippen molar-refractivity contribution in [2.24, 2.45) is 11.8 Å². The standard InChI is InChI=1S/C18H21N5O/c1-13-3-2-4-15(21-13)10-22-9-14-5-6-23(18(24)17(14)11-22)16-7-19-12-20-8-16/h2-4,7-8,12,14,17H,5-6,9-11H2,1H3/t14-,17-/m1/s1. The topological polar surface area (TPSA) is 62.2 Å². The maximum Gasteiger partial charge on any atom is 0.231 e. The number of piperidine rings is 1. The van der Waals surface area contributed by atoms with Gasteiger partial charge in [0.05, 0.1) is 29.7 Å². The summed E-state index contributed by atoms with van der Waals surface area (Å²) in [7, 11) is 0. The van der Waals surface area contributed by atoms with E-state index in [0.717, 1.165) is 49.7 Å². The molecule has 0 unspecified atom stereocenters. The fourth-order valence-electron chi connectivity index (χ4n) is 3.87. The number of amides is 1. The molecule has 2 aromatic rings. The lowest BCUT2D eigenvalue weighted by molar-refractivity contribution is -0.124. The first kappa shape index (κ1) is 15.2. The third kappa shape index (κ3) is 2.89. The van der Waals surface area contributed by atoms with E-state index in [-0.39, 0.29) is 11.8 Å². The number of anilines is 1. The zero-order valence-electron chi connectivity index (χ0n) is 13.8. The molecule has 0 saturated carbocycles. The second kappa shape index (κ2) is 6.28. The van der Waals surface area contributed by atoms with Gasteiger partial charge in [0.2, 0.25) is 5.91 Å². The molecule has 4 rings (SSSR count). The zero-order valence-corrected chi connectivity index (χ0v) is 13.8. The minimum absolute atomic E-state index is 0.0729. The normalized spacial score (nSPS) is 24.2. The molecule has 0 bridgehead atoms. The van der Waals surface area contributed by atoms with Crippen molar-refractivity contribution in [2.75, 3.05) is 24.5 Å². The van der Waals surface area contributed by atoms with Crippen molar-refractivity contribution in [3.63, 3.8) is 0 Å². The average Bonchev–Trinajstić information content (AvgIpc) is 2.99. The van der Waals surface area contributed by atoms with E-state index in [9.17, 15) is 4.79 Å². The number of aryl methyl sites for hydroxylation is 1. The van der Waals surface area contributed by atoms with Crippen molar-refractivity contribution in [3.8, 4) is 0 Å². The third-order valence-corrected chi connectivity index (χ3v) is 5.01. The summed E-state index contributed by atoms with van der Waals surface area (Å²) in [5, 5.41) is 0. The van der Waals surface area contributed by atoms with Gasteiger partial charge in [0.1, 0.15) is 6.33 Å².